The predicted molar refractivity (Wildman–Crippen MR) is 91.5 cm³/mol. The zero-order valence-corrected chi connectivity index (χ0v) is 13.2. The van der Waals surface area contributed by atoms with Crippen LogP contribution in [0.3, 0.4) is 0 Å². The van der Waals surface area contributed by atoms with Gasteiger partial charge in [-0.1, -0.05) is 30.3 Å². The molecule has 2 aromatic rings. The summed E-state index contributed by atoms with van der Waals surface area (Å²) in [7, 11) is -3.10. The average molecular weight is 360 g/mol. The molecule has 2 rings (SSSR count). The maximum absolute atomic E-state index is 12.3. The second-order valence-electron chi connectivity index (χ2n) is 4.93. The Kier molecular flexibility index (Phi) is 7.44. The minimum absolute atomic E-state index is 0. The summed E-state index contributed by atoms with van der Waals surface area (Å²) in [5.74, 6) is -0.507. The van der Waals surface area contributed by atoms with E-state index in [1.807, 2.05) is 0 Å². The number of benzene rings is 2. The first-order chi connectivity index (χ1) is 10.8. The van der Waals surface area contributed by atoms with Gasteiger partial charge >= 0.3 is 29.6 Å². The van der Waals surface area contributed by atoms with E-state index < -0.39 is 27.6 Å². The van der Waals surface area contributed by atoms with Crippen LogP contribution in [0.1, 0.15) is 27.6 Å². The van der Waals surface area contributed by atoms with E-state index in [1.54, 1.807) is 18.2 Å². The van der Waals surface area contributed by atoms with Gasteiger partial charge in [-0.2, -0.15) is 8.42 Å². The van der Waals surface area contributed by atoms with Crippen molar-refractivity contribution < 1.29 is 27.6 Å². The van der Waals surface area contributed by atoms with E-state index in [1.165, 1.54) is 37.4 Å². The van der Waals surface area contributed by atoms with Gasteiger partial charge in [-0.15, -0.1) is 0 Å². The molecule has 8 heteroatoms. The monoisotopic (exact) mass is 360 g/mol. The molecule has 2 aromatic carbocycles. The molecule has 0 saturated heterocycles. The molecule has 0 heterocycles. The normalized spacial score (nSPS) is 12.1. The van der Waals surface area contributed by atoms with Gasteiger partial charge in [-0.05, 0) is 23.8 Å². The molecule has 124 valence electrons. The topological polar surface area (TPSA) is 101 Å². The molecule has 0 aliphatic heterocycles. The molecule has 0 saturated carbocycles. The van der Waals surface area contributed by atoms with Crippen molar-refractivity contribution in [3.8, 4) is 11.5 Å². The van der Waals surface area contributed by atoms with Crippen LogP contribution in [0, 0.1) is 0 Å². The molecule has 6 nitrogen and oxygen atoms in total. The van der Waals surface area contributed by atoms with Gasteiger partial charge in [-0.25, -0.2) is 0 Å². The predicted octanol–water partition coefficient (Wildman–Crippen LogP) is 1.95. The van der Waals surface area contributed by atoms with Gasteiger partial charge in [0.25, 0.3) is 10.1 Å². The van der Waals surface area contributed by atoms with Crippen molar-refractivity contribution in [2.45, 2.75) is 11.7 Å². The Morgan fingerprint density at radius 3 is 2.33 bits per heavy atom. The molecule has 1 unspecified atom stereocenters. The van der Waals surface area contributed by atoms with E-state index >= 15 is 0 Å². The van der Waals surface area contributed by atoms with Crippen LogP contribution in [0.5, 0.6) is 11.5 Å². The summed E-state index contributed by atoms with van der Waals surface area (Å²) in [4.78, 5) is 12.3. The molecule has 0 aliphatic carbocycles. The van der Waals surface area contributed by atoms with Crippen LogP contribution in [0.2, 0.25) is 0 Å². The number of rotatable bonds is 6. The molecule has 24 heavy (non-hydrogen) atoms. The average Bonchev–Trinajstić information content (AvgIpc) is 2.52. The Balaban J connectivity index is 0.00000288. The van der Waals surface area contributed by atoms with Gasteiger partial charge in [0.1, 0.15) is 5.25 Å². The van der Waals surface area contributed by atoms with Gasteiger partial charge in [-0.3, -0.25) is 9.35 Å². The van der Waals surface area contributed by atoms with Crippen LogP contribution < -0.4 is 4.74 Å². The number of methoxy groups -OCH3 is 1. The quantitative estimate of drug-likeness (QED) is 0.464. The third kappa shape index (κ3) is 5.06. The Morgan fingerprint density at radius 1 is 1.17 bits per heavy atom. The fourth-order valence-electron chi connectivity index (χ4n) is 2.20. The van der Waals surface area contributed by atoms with Gasteiger partial charge in [0.15, 0.2) is 17.3 Å². The summed E-state index contributed by atoms with van der Waals surface area (Å²) in [5.41, 5.74) is 0.512. The van der Waals surface area contributed by atoms with E-state index in [9.17, 15) is 22.9 Å². The zero-order valence-electron chi connectivity index (χ0n) is 12.3. The Bertz CT molecular complexity index is 805. The second-order valence-corrected chi connectivity index (χ2v) is 6.53. The number of carbonyl (C=O) groups is 1. The molecule has 0 bridgehead atoms. The first-order valence-corrected chi connectivity index (χ1v) is 8.24. The minimum atomic E-state index is -4.45. The molecule has 0 aromatic heterocycles. The van der Waals surface area contributed by atoms with Crippen LogP contribution in [0.25, 0.3) is 0 Å². The molecule has 0 amide bonds. The Labute approximate surface area is 162 Å². The van der Waals surface area contributed by atoms with Crippen molar-refractivity contribution >= 4 is 45.5 Å². The Morgan fingerprint density at radius 2 is 1.79 bits per heavy atom. The molecule has 0 fully saturated rings. The van der Waals surface area contributed by atoms with Crippen LogP contribution >= 0.6 is 0 Å². The Hall–Kier alpha value is -1.38. The van der Waals surface area contributed by atoms with E-state index in [0.29, 0.717) is 5.56 Å². The van der Waals surface area contributed by atoms with Crippen molar-refractivity contribution in [1.29, 1.82) is 0 Å². The van der Waals surface area contributed by atoms with E-state index in [4.69, 9.17) is 4.74 Å². The van der Waals surface area contributed by atoms with E-state index in [-0.39, 0.29) is 46.6 Å². The van der Waals surface area contributed by atoms with Gasteiger partial charge in [0, 0.05) is 12.0 Å². The van der Waals surface area contributed by atoms with Crippen molar-refractivity contribution in [2.24, 2.45) is 0 Å². The number of carbonyl (C=O) groups excluding carboxylic acids is 1. The number of phenolic OH excluding ortho intramolecular Hbond substituents is 1. The maximum atomic E-state index is 12.3. The number of ketones is 1. The van der Waals surface area contributed by atoms with Crippen molar-refractivity contribution in [1.82, 2.24) is 0 Å². The number of hydrogen-bond donors (Lipinski definition) is 2. The van der Waals surface area contributed by atoms with Crippen molar-refractivity contribution in [2.75, 3.05) is 7.11 Å². The van der Waals surface area contributed by atoms with Crippen LogP contribution in [0.4, 0.5) is 0 Å². The number of ether oxygens (including phenoxy) is 1. The molecule has 0 radical (unpaired) electrons. The number of Topliss-reactive ketones (excluding diaryl/α,β-unsaturated/α-hetero) is 1. The van der Waals surface area contributed by atoms with Crippen molar-refractivity contribution in [3.05, 3.63) is 59.7 Å². The van der Waals surface area contributed by atoms with Gasteiger partial charge < -0.3 is 9.84 Å². The van der Waals surface area contributed by atoms with E-state index in [2.05, 4.69) is 0 Å². The molecule has 0 spiro atoms. The fraction of sp³-hybridized carbons (Fsp3) is 0.188. The van der Waals surface area contributed by atoms with Crippen LogP contribution in [-0.4, -0.2) is 60.5 Å². The summed E-state index contributed by atoms with van der Waals surface area (Å²) in [5, 5.41) is 8.18. The summed E-state index contributed by atoms with van der Waals surface area (Å²) in [6.45, 7) is 0. The number of aromatic hydroxyl groups is 1. The first-order valence-electron chi connectivity index (χ1n) is 6.74. The molecule has 0 aliphatic rings. The summed E-state index contributed by atoms with van der Waals surface area (Å²) < 4.78 is 37.6. The third-order valence-corrected chi connectivity index (χ3v) is 4.56. The number of hydrogen-bond acceptors (Lipinski definition) is 5. The molecule has 1 atom stereocenters. The fourth-order valence-corrected chi connectivity index (χ4v) is 3.06. The van der Waals surface area contributed by atoms with Crippen molar-refractivity contribution in [3.63, 3.8) is 0 Å². The zero-order chi connectivity index (χ0) is 17.0. The number of phenols is 1. The van der Waals surface area contributed by atoms with Gasteiger partial charge in [0.2, 0.25) is 0 Å². The van der Waals surface area contributed by atoms with Crippen LogP contribution in [0.15, 0.2) is 48.5 Å². The standard InChI is InChI=1S/C16H16O6S.Na.H/c1-22-15-9-12(7-8-13(15)17)14(18)10-16(23(19,20)21)11-5-3-2-4-6-11;;/h2-9,16-17H,10H2,1H3,(H,19,20,21);;. The first kappa shape index (κ1) is 20.7. The third-order valence-electron chi connectivity index (χ3n) is 3.40. The molecule has 2 N–H and O–H groups in total. The van der Waals surface area contributed by atoms with E-state index in [0.717, 1.165) is 0 Å². The van der Waals surface area contributed by atoms with Crippen LogP contribution in [-0.2, 0) is 10.1 Å². The van der Waals surface area contributed by atoms with Gasteiger partial charge in [0.05, 0.1) is 7.11 Å². The summed E-state index contributed by atoms with van der Waals surface area (Å²) >= 11 is 0. The summed E-state index contributed by atoms with van der Waals surface area (Å²) in [6, 6.07) is 12.0. The molecular weight excluding hydrogens is 343 g/mol. The molecular formula is C16H17NaO6S. The summed E-state index contributed by atoms with van der Waals surface area (Å²) in [6.07, 6.45) is -0.420. The SMILES string of the molecule is COc1cc(C(=O)CC(c2ccccc2)S(=O)(=O)O)ccc1O.[NaH]. The second kappa shape index (κ2) is 8.64.